The number of rotatable bonds is 7. The van der Waals surface area contributed by atoms with Crippen molar-refractivity contribution < 1.29 is 28.1 Å². The van der Waals surface area contributed by atoms with Gasteiger partial charge in [-0.3, -0.25) is 0 Å². The molecular weight excluding hydrogens is 383 g/mol. The molecule has 5 nitrogen and oxygen atoms in total. The van der Waals surface area contributed by atoms with E-state index in [9.17, 15) is 9.18 Å². The molecular formula is C17H16BrFO5. The largest absolute Gasteiger partial charge is 0.495 e. The number of methoxy groups -OCH3 is 2. The predicted octanol–water partition coefficient (Wildman–Crippen LogP) is 3.84. The highest BCUT2D eigenvalue weighted by molar-refractivity contribution is 9.10. The number of benzene rings is 2. The molecule has 2 aromatic carbocycles. The van der Waals surface area contributed by atoms with E-state index in [1.54, 1.807) is 12.1 Å². The normalized spacial score (nSPS) is 10.2. The van der Waals surface area contributed by atoms with Crippen LogP contribution in [0.5, 0.6) is 17.2 Å². The summed E-state index contributed by atoms with van der Waals surface area (Å²) in [7, 11) is 2.98. The SMILES string of the molecule is COc1cc(C(=O)OCCOc2ccc(F)cc2)cc(OC)c1Br. The zero-order chi connectivity index (χ0) is 17.5. The molecule has 0 bridgehead atoms. The van der Waals surface area contributed by atoms with Crippen molar-refractivity contribution in [1.82, 2.24) is 0 Å². The lowest BCUT2D eigenvalue weighted by Gasteiger charge is -2.11. The summed E-state index contributed by atoms with van der Waals surface area (Å²) in [6.07, 6.45) is 0. The van der Waals surface area contributed by atoms with Crippen LogP contribution >= 0.6 is 15.9 Å². The van der Waals surface area contributed by atoms with Gasteiger partial charge in [0.15, 0.2) is 0 Å². The Balaban J connectivity index is 1.91. The van der Waals surface area contributed by atoms with Crippen LogP contribution in [0.2, 0.25) is 0 Å². The minimum Gasteiger partial charge on any atom is -0.495 e. The Kier molecular flexibility index (Phi) is 6.43. The summed E-state index contributed by atoms with van der Waals surface area (Å²) >= 11 is 3.33. The second-order valence-electron chi connectivity index (χ2n) is 4.63. The van der Waals surface area contributed by atoms with Gasteiger partial charge in [0.1, 0.15) is 40.8 Å². The van der Waals surface area contributed by atoms with Crippen LogP contribution in [0.1, 0.15) is 10.4 Å². The summed E-state index contributed by atoms with van der Waals surface area (Å²) in [5, 5.41) is 0. The summed E-state index contributed by atoms with van der Waals surface area (Å²) in [4.78, 5) is 12.1. The van der Waals surface area contributed by atoms with Gasteiger partial charge in [0.2, 0.25) is 0 Å². The molecule has 0 amide bonds. The van der Waals surface area contributed by atoms with Crippen molar-refractivity contribution in [3.63, 3.8) is 0 Å². The third kappa shape index (κ3) is 4.61. The van der Waals surface area contributed by atoms with Gasteiger partial charge >= 0.3 is 5.97 Å². The van der Waals surface area contributed by atoms with Gasteiger partial charge in [0, 0.05) is 0 Å². The maximum Gasteiger partial charge on any atom is 0.338 e. The molecule has 0 aromatic heterocycles. The lowest BCUT2D eigenvalue weighted by atomic mass is 10.2. The van der Waals surface area contributed by atoms with Crippen LogP contribution in [-0.2, 0) is 4.74 Å². The summed E-state index contributed by atoms with van der Waals surface area (Å²) in [6, 6.07) is 8.69. The molecule has 0 aliphatic heterocycles. The Morgan fingerprint density at radius 3 is 2.17 bits per heavy atom. The van der Waals surface area contributed by atoms with Gasteiger partial charge in [-0.15, -0.1) is 0 Å². The van der Waals surface area contributed by atoms with Gasteiger partial charge in [0.05, 0.1) is 19.8 Å². The first kappa shape index (κ1) is 18.1. The van der Waals surface area contributed by atoms with Gasteiger partial charge in [-0.05, 0) is 52.3 Å². The van der Waals surface area contributed by atoms with E-state index >= 15 is 0 Å². The maximum absolute atomic E-state index is 12.8. The molecule has 2 rings (SSSR count). The van der Waals surface area contributed by atoms with Crippen molar-refractivity contribution >= 4 is 21.9 Å². The minimum atomic E-state index is -0.526. The first-order valence-electron chi connectivity index (χ1n) is 7.02. The van der Waals surface area contributed by atoms with E-state index < -0.39 is 5.97 Å². The topological polar surface area (TPSA) is 54.0 Å². The van der Waals surface area contributed by atoms with Crippen molar-refractivity contribution in [2.45, 2.75) is 0 Å². The summed E-state index contributed by atoms with van der Waals surface area (Å²) in [5.74, 6) is 0.556. The molecule has 0 aliphatic carbocycles. The minimum absolute atomic E-state index is 0.0525. The van der Waals surface area contributed by atoms with Crippen molar-refractivity contribution in [2.75, 3.05) is 27.4 Å². The molecule has 0 fully saturated rings. The smallest absolute Gasteiger partial charge is 0.338 e. The van der Waals surface area contributed by atoms with E-state index in [-0.39, 0.29) is 19.0 Å². The summed E-state index contributed by atoms with van der Waals surface area (Å²) < 4.78 is 34.3. The van der Waals surface area contributed by atoms with Crippen molar-refractivity contribution in [3.05, 3.63) is 52.3 Å². The predicted molar refractivity (Wildman–Crippen MR) is 89.4 cm³/mol. The number of halogens is 2. The summed E-state index contributed by atoms with van der Waals surface area (Å²) in [6.45, 7) is 0.207. The van der Waals surface area contributed by atoms with Gasteiger partial charge in [-0.1, -0.05) is 0 Å². The van der Waals surface area contributed by atoms with Crippen molar-refractivity contribution in [1.29, 1.82) is 0 Å². The fourth-order valence-electron chi connectivity index (χ4n) is 1.90. The third-order valence-corrected chi connectivity index (χ3v) is 3.86. The molecule has 0 N–H and O–H groups in total. The fraction of sp³-hybridized carbons (Fsp3) is 0.235. The van der Waals surface area contributed by atoms with E-state index in [4.69, 9.17) is 18.9 Å². The van der Waals surface area contributed by atoms with Gasteiger partial charge in [0.25, 0.3) is 0 Å². The quantitative estimate of drug-likeness (QED) is 0.523. The first-order chi connectivity index (χ1) is 11.5. The van der Waals surface area contributed by atoms with Crippen molar-refractivity contribution in [2.24, 2.45) is 0 Å². The average Bonchev–Trinajstić information content (AvgIpc) is 2.60. The molecule has 128 valence electrons. The Bertz CT molecular complexity index is 678. The molecule has 0 unspecified atom stereocenters. The van der Waals surface area contributed by atoms with E-state index in [0.29, 0.717) is 27.3 Å². The monoisotopic (exact) mass is 398 g/mol. The van der Waals surface area contributed by atoms with Crippen LogP contribution in [0.15, 0.2) is 40.9 Å². The number of esters is 1. The molecule has 0 heterocycles. The third-order valence-electron chi connectivity index (χ3n) is 3.08. The maximum atomic E-state index is 12.8. The molecule has 0 radical (unpaired) electrons. The first-order valence-corrected chi connectivity index (χ1v) is 7.81. The zero-order valence-corrected chi connectivity index (χ0v) is 14.8. The molecule has 0 saturated carbocycles. The Morgan fingerprint density at radius 1 is 1.04 bits per heavy atom. The van der Waals surface area contributed by atoms with Crippen molar-refractivity contribution in [3.8, 4) is 17.2 Å². The van der Waals surface area contributed by atoms with Crippen LogP contribution in [0.4, 0.5) is 4.39 Å². The molecule has 24 heavy (non-hydrogen) atoms. The van der Waals surface area contributed by atoms with Gasteiger partial charge < -0.3 is 18.9 Å². The lowest BCUT2D eigenvalue weighted by Crippen LogP contribution is -2.12. The molecule has 0 saturated heterocycles. The highest BCUT2D eigenvalue weighted by atomic mass is 79.9. The number of carbonyl (C=O) groups excluding carboxylic acids is 1. The fourth-order valence-corrected chi connectivity index (χ4v) is 2.45. The van der Waals surface area contributed by atoms with Crippen LogP contribution in [0.25, 0.3) is 0 Å². The standard InChI is InChI=1S/C17H16BrFO5/c1-21-14-9-11(10-15(22-2)16(14)18)17(20)24-8-7-23-13-5-3-12(19)4-6-13/h3-6,9-10H,7-8H2,1-2H3. The van der Waals surface area contributed by atoms with Crippen LogP contribution in [0, 0.1) is 5.82 Å². The van der Waals surface area contributed by atoms with E-state index in [2.05, 4.69) is 15.9 Å². The highest BCUT2D eigenvalue weighted by Crippen LogP contribution is 2.35. The average molecular weight is 399 g/mol. The lowest BCUT2D eigenvalue weighted by molar-refractivity contribution is 0.0449. The second kappa shape index (κ2) is 8.54. The molecule has 0 aliphatic rings. The van der Waals surface area contributed by atoms with Crippen LogP contribution < -0.4 is 14.2 Å². The van der Waals surface area contributed by atoms with Crippen LogP contribution in [0.3, 0.4) is 0 Å². The second-order valence-corrected chi connectivity index (χ2v) is 5.43. The molecule has 7 heteroatoms. The van der Waals surface area contributed by atoms with Gasteiger partial charge in [-0.2, -0.15) is 0 Å². The molecule has 2 aromatic rings. The Morgan fingerprint density at radius 2 is 1.62 bits per heavy atom. The number of hydrogen-bond donors (Lipinski definition) is 0. The number of ether oxygens (including phenoxy) is 4. The van der Waals surface area contributed by atoms with Gasteiger partial charge in [-0.25, -0.2) is 9.18 Å². The zero-order valence-electron chi connectivity index (χ0n) is 13.2. The molecule has 0 atom stereocenters. The Labute approximate surface area is 147 Å². The van der Waals surface area contributed by atoms with E-state index in [1.165, 1.54) is 38.5 Å². The Hall–Kier alpha value is -2.28. The van der Waals surface area contributed by atoms with Crippen LogP contribution in [-0.4, -0.2) is 33.4 Å². The molecule has 0 spiro atoms. The highest BCUT2D eigenvalue weighted by Gasteiger charge is 2.15. The number of carbonyl (C=O) groups is 1. The summed E-state index contributed by atoms with van der Waals surface area (Å²) in [5.41, 5.74) is 0.300. The number of hydrogen-bond acceptors (Lipinski definition) is 5. The van der Waals surface area contributed by atoms with E-state index in [1.807, 2.05) is 0 Å². The van der Waals surface area contributed by atoms with E-state index in [0.717, 1.165) is 0 Å².